The molecule has 0 unspecified atom stereocenters. The molecular weight excluding hydrogens is 410 g/mol. The first-order valence-electron chi connectivity index (χ1n) is 9.05. The zero-order chi connectivity index (χ0) is 22.0. The second kappa shape index (κ2) is 8.56. The number of imide groups is 1. The lowest BCUT2D eigenvalue weighted by Gasteiger charge is -2.25. The maximum absolute atomic E-state index is 12.7. The van der Waals surface area contributed by atoms with Crippen LogP contribution in [0.2, 0.25) is 0 Å². The largest absolute Gasteiger partial charge is 0.477 e. The minimum atomic E-state index is -1.73. The summed E-state index contributed by atoms with van der Waals surface area (Å²) < 4.78 is 1.000. The van der Waals surface area contributed by atoms with Crippen molar-refractivity contribution in [3.63, 3.8) is 0 Å². The average Bonchev–Trinajstić information content (AvgIpc) is 3.04. The molecule has 9 heteroatoms. The molecule has 0 aliphatic heterocycles. The number of likely N-dealkylation sites (N-methyl/N-ethyl adjacent to an activating group) is 1. The Morgan fingerprint density at radius 2 is 1.70 bits per heavy atom. The van der Waals surface area contributed by atoms with Crippen LogP contribution in [-0.2, 0) is 11.2 Å². The molecule has 1 aromatic heterocycles. The van der Waals surface area contributed by atoms with E-state index in [0.717, 1.165) is 16.7 Å². The molecule has 0 aliphatic rings. The van der Waals surface area contributed by atoms with Gasteiger partial charge in [0.25, 0.3) is 5.91 Å². The SMILES string of the molecule is CN(C(N)=O)C(=O)[C@H](O)[C@@H](Cc1ccccc1)c1c(C(=O)O)n(Cl)c2ccccc12. The Hall–Kier alpha value is -3.36. The van der Waals surface area contributed by atoms with Crippen molar-refractivity contribution in [3.05, 3.63) is 71.4 Å². The molecule has 0 saturated carbocycles. The molecule has 8 nitrogen and oxygen atoms in total. The number of urea groups is 1. The van der Waals surface area contributed by atoms with Crippen molar-refractivity contribution >= 4 is 40.6 Å². The summed E-state index contributed by atoms with van der Waals surface area (Å²) in [7, 11) is 1.15. The van der Waals surface area contributed by atoms with E-state index < -0.39 is 29.9 Å². The third-order valence-electron chi connectivity index (χ3n) is 5.02. The summed E-state index contributed by atoms with van der Waals surface area (Å²) in [6.07, 6.45) is -1.60. The third-order valence-corrected chi connectivity index (χ3v) is 5.38. The van der Waals surface area contributed by atoms with Crippen molar-refractivity contribution in [1.29, 1.82) is 0 Å². The first-order chi connectivity index (χ1) is 14.2. The van der Waals surface area contributed by atoms with Crippen LogP contribution >= 0.6 is 11.8 Å². The maximum atomic E-state index is 12.7. The van der Waals surface area contributed by atoms with Crippen molar-refractivity contribution in [1.82, 2.24) is 8.99 Å². The number of amides is 3. The van der Waals surface area contributed by atoms with Gasteiger partial charge in [-0.3, -0.25) is 9.69 Å². The Bertz CT molecular complexity index is 1110. The van der Waals surface area contributed by atoms with Crippen LogP contribution in [0, 0.1) is 0 Å². The molecule has 3 aromatic rings. The predicted molar refractivity (Wildman–Crippen MR) is 111 cm³/mol. The molecule has 2 atom stereocenters. The smallest absolute Gasteiger partial charge is 0.354 e. The molecule has 0 fully saturated rings. The van der Waals surface area contributed by atoms with Crippen LogP contribution in [0.5, 0.6) is 0 Å². The van der Waals surface area contributed by atoms with Crippen LogP contribution < -0.4 is 5.73 Å². The fourth-order valence-electron chi connectivity index (χ4n) is 3.52. The van der Waals surface area contributed by atoms with Crippen molar-refractivity contribution in [3.8, 4) is 0 Å². The number of nitrogens with zero attached hydrogens (tertiary/aromatic N) is 2. The number of aromatic carboxylic acids is 1. The predicted octanol–water partition coefficient (Wildman–Crippen LogP) is 2.57. The zero-order valence-electron chi connectivity index (χ0n) is 16.0. The summed E-state index contributed by atoms with van der Waals surface area (Å²) >= 11 is 6.29. The first kappa shape index (κ1) is 21.4. The summed E-state index contributed by atoms with van der Waals surface area (Å²) in [5.41, 5.74) is 6.31. The van der Waals surface area contributed by atoms with Gasteiger partial charge in [-0.15, -0.1) is 0 Å². The number of carboxylic acids is 1. The number of halogens is 1. The van der Waals surface area contributed by atoms with E-state index in [1.807, 2.05) is 6.07 Å². The van der Waals surface area contributed by atoms with Crippen molar-refractivity contribution in [2.75, 3.05) is 7.05 Å². The topological polar surface area (TPSA) is 126 Å². The summed E-state index contributed by atoms with van der Waals surface area (Å²) in [4.78, 5) is 36.8. The lowest BCUT2D eigenvalue weighted by Crippen LogP contribution is -2.45. The van der Waals surface area contributed by atoms with Crippen LogP contribution in [0.25, 0.3) is 10.9 Å². The Labute approximate surface area is 177 Å². The summed E-state index contributed by atoms with van der Waals surface area (Å²) in [5, 5.41) is 21.3. The lowest BCUT2D eigenvalue weighted by atomic mass is 9.85. The molecule has 3 rings (SSSR count). The first-order valence-corrected chi connectivity index (χ1v) is 9.39. The van der Waals surface area contributed by atoms with E-state index >= 15 is 0 Å². The number of hydrogen-bond acceptors (Lipinski definition) is 4. The maximum Gasteiger partial charge on any atom is 0.354 e. The van der Waals surface area contributed by atoms with Gasteiger partial charge in [0, 0.05) is 35.7 Å². The Morgan fingerprint density at radius 1 is 1.10 bits per heavy atom. The quantitative estimate of drug-likeness (QED) is 0.555. The van der Waals surface area contributed by atoms with E-state index in [9.17, 15) is 24.6 Å². The van der Waals surface area contributed by atoms with Crippen LogP contribution in [0.4, 0.5) is 4.79 Å². The molecule has 2 aromatic carbocycles. The van der Waals surface area contributed by atoms with Gasteiger partial charge in [-0.1, -0.05) is 48.5 Å². The number of carbonyl (C=O) groups excluding carboxylic acids is 2. The van der Waals surface area contributed by atoms with E-state index in [4.69, 9.17) is 17.5 Å². The number of hydrogen-bond donors (Lipinski definition) is 3. The monoisotopic (exact) mass is 429 g/mol. The third kappa shape index (κ3) is 3.87. The van der Waals surface area contributed by atoms with Gasteiger partial charge in [0.2, 0.25) is 0 Å². The molecule has 0 radical (unpaired) electrons. The number of nitrogens with two attached hydrogens (primary N) is 1. The number of primary amides is 1. The number of benzene rings is 2. The molecule has 0 saturated heterocycles. The molecule has 0 bridgehead atoms. The lowest BCUT2D eigenvalue weighted by molar-refractivity contribution is -0.137. The number of aliphatic hydroxyl groups excluding tert-OH is 1. The van der Waals surface area contributed by atoms with Crippen molar-refractivity contribution in [2.45, 2.75) is 18.4 Å². The van der Waals surface area contributed by atoms with Gasteiger partial charge in [0.15, 0.2) is 0 Å². The van der Waals surface area contributed by atoms with Gasteiger partial charge in [-0.2, -0.15) is 0 Å². The van der Waals surface area contributed by atoms with Gasteiger partial charge in [0.05, 0.1) is 5.52 Å². The fourth-order valence-corrected chi connectivity index (χ4v) is 3.83. The standard InChI is InChI=1S/C21H20ClN3O5/c1-24(21(23)30)19(27)18(26)14(11-12-7-3-2-4-8-12)16-13-9-5-6-10-15(13)25(22)17(16)20(28)29/h2-10,14,18,26H,11H2,1H3,(H2,23,30)(H,28,29)/t14-,18+/m0/s1. The number of aromatic nitrogens is 1. The molecule has 3 amide bonds. The van der Waals surface area contributed by atoms with Crippen molar-refractivity contribution < 1.29 is 24.6 Å². The minimum absolute atomic E-state index is 0.130. The molecular formula is C21H20ClN3O5. The second-order valence-electron chi connectivity index (χ2n) is 6.84. The van der Waals surface area contributed by atoms with E-state index in [2.05, 4.69) is 0 Å². The molecule has 4 N–H and O–H groups in total. The van der Waals surface area contributed by atoms with Gasteiger partial charge in [-0.25, -0.2) is 13.7 Å². The van der Waals surface area contributed by atoms with Gasteiger partial charge < -0.3 is 15.9 Å². The van der Waals surface area contributed by atoms with E-state index in [0.29, 0.717) is 15.8 Å². The fraction of sp³-hybridized carbons (Fsp3) is 0.190. The van der Waals surface area contributed by atoms with Gasteiger partial charge in [-0.05, 0) is 18.1 Å². The Morgan fingerprint density at radius 3 is 2.30 bits per heavy atom. The van der Waals surface area contributed by atoms with E-state index in [1.54, 1.807) is 48.5 Å². The number of aliphatic hydroxyl groups is 1. The molecule has 156 valence electrons. The van der Waals surface area contributed by atoms with Crippen LogP contribution in [0.1, 0.15) is 27.5 Å². The normalized spacial score (nSPS) is 13.0. The zero-order valence-corrected chi connectivity index (χ0v) is 16.8. The summed E-state index contributed by atoms with van der Waals surface area (Å²) in [5.74, 6) is -3.25. The number of carboxylic acid groups (broad SMARTS) is 1. The molecule has 30 heavy (non-hydrogen) atoms. The Balaban J connectivity index is 2.22. The highest BCUT2D eigenvalue weighted by Gasteiger charge is 2.37. The number of rotatable bonds is 6. The molecule has 1 heterocycles. The number of carbonyl (C=O) groups is 3. The summed E-state index contributed by atoms with van der Waals surface area (Å²) in [6, 6.07) is 14.7. The van der Waals surface area contributed by atoms with Gasteiger partial charge in [0.1, 0.15) is 11.8 Å². The van der Waals surface area contributed by atoms with Crippen LogP contribution in [0.15, 0.2) is 54.6 Å². The number of para-hydroxylation sites is 1. The average molecular weight is 430 g/mol. The van der Waals surface area contributed by atoms with Gasteiger partial charge >= 0.3 is 12.0 Å². The summed E-state index contributed by atoms with van der Waals surface area (Å²) in [6.45, 7) is 0. The van der Waals surface area contributed by atoms with Crippen molar-refractivity contribution in [2.24, 2.45) is 5.73 Å². The highest BCUT2D eigenvalue weighted by Crippen LogP contribution is 2.37. The van der Waals surface area contributed by atoms with Crippen LogP contribution in [0.3, 0.4) is 0 Å². The molecule has 0 aliphatic carbocycles. The highest BCUT2D eigenvalue weighted by atomic mass is 35.5. The van der Waals surface area contributed by atoms with Crippen LogP contribution in [-0.4, -0.2) is 50.3 Å². The molecule has 0 spiro atoms. The number of fused-ring (bicyclic) bond motifs is 1. The highest BCUT2D eigenvalue weighted by molar-refractivity contribution is 6.23. The van der Waals surface area contributed by atoms with E-state index in [-0.39, 0.29) is 17.7 Å². The Kier molecular flexibility index (Phi) is 6.09. The van der Waals surface area contributed by atoms with E-state index in [1.165, 1.54) is 0 Å². The second-order valence-corrected chi connectivity index (χ2v) is 7.18. The minimum Gasteiger partial charge on any atom is -0.477 e.